The molecule has 0 N–H and O–H groups in total. The van der Waals surface area contributed by atoms with Crippen LogP contribution >= 0.6 is 11.3 Å². The predicted octanol–water partition coefficient (Wildman–Crippen LogP) is 13.4. The largest absolute Gasteiger partial charge is 0.455 e. The molecular formula is C49H29NOS. The van der Waals surface area contributed by atoms with E-state index >= 15 is 0 Å². The van der Waals surface area contributed by atoms with E-state index in [0.717, 1.165) is 22.2 Å². The fourth-order valence-corrected chi connectivity index (χ4v) is 10.7. The second kappa shape index (κ2) is 10.3. The molecule has 0 unspecified atom stereocenters. The molecule has 3 heterocycles. The summed E-state index contributed by atoms with van der Waals surface area (Å²) in [7, 11) is 0. The molecule has 0 bridgehead atoms. The Hall–Kier alpha value is -6.42. The summed E-state index contributed by atoms with van der Waals surface area (Å²) in [6, 6.07) is 64.5. The van der Waals surface area contributed by atoms with Gasteiger partial charge < -0.3 is 8.98 Å². The lowest BCUT2D eigenvalue weighted by Crippen LogP contribution is -2.28. The fraction of sp³-hybridized carbons (Fsp3) is 0.0204. The van der Waals surface area contributed by atoms with Crippen molar-refractivity contribution in [2.24, 2.45) is 0 Å². The number of hydrogen-bond donors (Lipinski definition) is 0. The molecule has 3 aromatic heterocycles. The second-order valence-electron chi connectivity index (χ2n) is 13.9. The number of rotatable bonds is 3. The Balaban J connectivity index is 1.37. The summed E-state index contributed by atoms with van der Waals surface area (Å²) in [5.74, 6) is 0. The SMILES string of the molecule is c1ccc(-n2c3cc4c(cc3c3c5c6ccccc6oc5c5c6ccccc6sc5c32)-c2ccccc2C4(c2ccccc2)c2ccccc2)cc1. The van der Waals surface area contributed by atoms with Crippen LogP contribution in [0, 0.1) is 0 Å². The standard InChI is InChI=1S/C49H29NOS/c1-4-16-30(17-5-1)49(31-18-6-2-7-19-31)38-25-13-10-22-33(38)36-28-37-40(29-39(36)49)50(32-20-8-3-9-21-32)46-43(37)44-34-23-11-14-26-41(34)51-47(44)45-35-24-12-15-27-42(35)52-48(45)46/h1-29H. The van der Waals surface area contributed by atoms with Crippen molar-refractivity contribution in [2.45, 2.75) is 5.41 Å². The molecule has 0 saturated carbocycles. The first-order chi connectivity index (χ1) is 25.8. The number of aromatic nitrogens is 1. The van der Waals surface area contributed by atoms with Crippen molar-refractivity contribution in [1.29, 1.82) is 0 Å². The maximum atomic E-state index is 6.90. The van der Waals surface area contributed by atoms with E-state index < -0.39 is 5.41 Å². The molecule has 0 aliphatic heterocycles. The Labute approximate surface area is 303 Å². The number of fused-ring (bicyclic) bond motifs is 15. The maximum absolute atomic E-state index is 6.90. The molecule has 0 fully saturated rings. The van der Waals surface area contributed by atoms with E-state index in [1.807, 2.05) is 11.3 Å². The van der Waals surface area contributed by atoms with Crippen LogP contribution < -0.4 is 0 Å². The van der Waals surface area contributed by atoms with Crippen LogP contribution in [0.3, 0.4) is 0 Å². The van der Waals surface area contributed by atoms with Gasteiger partial charge in [-0.15, -0.1) is 11.3 Å². The Kier molecular flexibility index (Phi) is 5.62. The van der Waals surface area contributed by atoms with Gasteiger partial charge in [-0.3, -0.25) is 0 Å². The molecule has 242 valence electrons. The Morgan fingerprint density at radius 2 is 1.12 bits per heavy atom. The first-order valence-corrected chi connectivity index (χ1v) is 18.7. The van der Waals surface area contributed by atoms with Gasteiger partial charge in [-0.05, 0) is 69.8 Å². The monoisotopic (exact) mass is 679 g/mol. The zero-order valence-electron chi connectivity index (χ0n) is 28.0. The van der Waals surface area contributed by atoms with E-state index in [4.69, 9.17) is 4.42 Å². The number of para-hydroxylation sites is 2. The average Bonchev–Trinajstić information content (AvgIpc) is 3.95. The lowest BCUT2D eigenvalue weighted by atomic mass is 9.67. The Morgan fingerprint density at radius 1 is 0.481 bits per heavy atom. The normalized spacial score (nSPS) is 13.5. The van der Waals surface area contributed by atoms with Crippen LogP contribution in [0.4, 0.5) is 0 Å². The van der Waals surface area contributed by atoms with E-state index in [-0.39, 0.29) is 0 Å². The van der Waals surface area contributed by atoms with Crippen LogP contribution in [-0.2, 0) is 5.41 Å². The summed E-state index contributed by atoms with van der Waals surface area (Å²) in [4.78, 5) is 0. The van der Waals surface area contributed by atoms with Crippen molar-refractivity contribution in [1.82, 2.24) is 4.57 Å². The van der Waals surface area contributed by atoms with Crippen molar-refractivity contribution < 1.29 is 4.42 Å². The topological polar surface area (TPSA) is 18.1 Å². The van der Waals surface area contributed by atoms with Gasteiger partial charge in [0.25, 0.3) is 0 Å². The molecule has 8 aromatic carbocycles. The molecule has 12 rings (SSSR count). The van der Waals surface area contributed by atoms with E-state index in [9.17, 15) is 0 Å². The molecule has 1 aliphatic rings. The molecule has 0 amide bonds. The molecule has 0 atom stereocenters. The van der Waals surface area contributed by atoms with E-state index in [1.54, 1.807) is 0 Å². The maximum Gasteiger partial charge on any atom is 0.145 e. The van der Waals surface area contributed by atoms with Crippen LogP contribution in [0.2, 0.25) is 0 Å². The third kappa shape index (κ3) is 3.48. The zero-order chi connectivity index (χ0) is 34.0. The average molecular weight is 680 g/mol. The van der Waals surface area contributed by atoms with Crippen molar-refractivity contribution in [3.05, 3.63) is 198 Å². The lowest BCUT2D eigenvalue weighted by molar-refractivity contribution is 0.673. The number of furan rings is 1. The highest BCUT2D eigenvalue weighted by molar-refractivity contribution is 7.27. The summed E-state index contributed by atoms with van der Waals surface area (Å²) < 4.78 is 11.9. The molecule has 0 saturated heterocycles. The minimum atomic E-state index is -0.495. The van der Waals surface area contributed by atoms with Crippen LogP contribution in [-0.4, -0.2) is 4.57 Å². The summed E-state index contributed by atoms with van der Waals surface area (Å²) in [6.07, 6.45) is 0. The van der Waals surface area contributed by atoms with Gasteiger partial charge in [0.05, 0.1) is 21.1 Å². The van der Waals surface area contributed by atoms with Crippen molar-refractivity contribution in [3.63, 3.8) is 0 Å². The minimum absolute atomic E-state index is 0.495. The summed E-state index contributed by atoms with van der Waals surface area (Å²) >= 11 is 1.87. The van der Waals surface area contributed by atoms with Crippen LogP contribution in [0.1, 0.15) is 22.3 Å². The molecule has 0 radical (unpaired) electrons. The summed E-state index contributed by atoms with van der Waals surface area (Å²) in [6.45, 7) is 0. The van der Waals surface area contributed by atoms with Crippen LogP contribution in [0.15, 0.2) is 180 Å². The molecule has 2 nitrogen and oxygen atoms in total. The third-order valence-electron chi connectivity index (χ3n) is 11.4. The van der Waals surface area contributed by atoms with Crippen molar-refractivity contribution in [3.8, 4) is 16.8 Å². The van der Waals surface area contributed by atoms with Gasteiger partial charge in [0.15, 0.2) is 0 Å². The van der Waals surface area contributed by atoms with Crippen molar-refractivity contribution >= 4 is 75.3 Å². The van der Waals surface area contributed by atoms with Gasteiger partial charge in [0, 0.05) is 42.7 Å². The van der Waals surface area contributed by atoms with Gasteiger partial charge in [-0.2, -0.15) is 0 Å². The van der Waals surface area contributed by atoms with Gasteiger partial charge >= 0.3 is 0 Å². The molecule has 0 spiro atoms. The van der Waals surface area contributed by atoms with Crippen molar-refractivity contribution in [2.75, 3.05) is 0 Å². The Morgan fingerprint density at radius 3 is 1.88 bits per heavy atom. The highest BCUT2D eigenvalue weighted by Gasteiger charge is 2.46. The van der Waals surface area contributed by atoms with E-state index in [0.29, 0.717) is 0 Å². The number of benzene rings is 8. The molecule has 52 heavy (non-hydrogen) atoms. The summed E-state index contributed by atoms with van der Waals surface area (Å²) in [5.41, 5.74) is 12.7. The lowest BCUT2D eigenvalue weighted by Gasteiger charge is -2.34. The van der Waals surface area contributed by atoms with Gasteiger partial charge in [0.2, 0.25) is 0 Å². The smallest absolute Gasteiger partial charge is 0.145 e. The molecule has 1 aliphatic carbocycles. The van der Waals surface area contributed by atoms with Gasteiger partial charge in [0.1, 0.15) is 11.2 Å². The number of thiophene rings is 1. The third-order valence-corrected chi connectivity index (χ3v) is 12.6. The van der Waals surface area contributed by atoms with Crippen LogP contribution in [0.5, 0.6) is 0 Å². The second-order valence-corrected chi connectivity index (χ2v) is 15.0. The number of nitrogens with zero attached hydrogens (tertiary/aromatic N) is 1. The van der Waals surface area contributed by atoms with Gasteiger partial charge in [-0.25, -0.2) is 0 Å². The zero-order valence-corrected chi connectivity index (χ0v) is 28.8. The predicted molar refractivity (Wildman–Crippen MR) is 218 cm³/mol. The first kappa shape index (κ1) is 28.3. The van der Waals surface area contributed by atoms with E-state index in [1.165, 1.54) is 80.7 Å². The Bertz CT molecular complexity index is 3180. The molecule has 11 aromatic rings. The molecule has 3 heteroatoms. The van der Waals surface area contributed by atoms with Gasteiger partial charge in [-0.1, -0.05) is 140 Å². The fourth-order valence-electron chi connectivity index (χ4n) is 9.44. The first-order valence-electron chi connectivity index (χ1n) is 17.9. The van der Waals surface area contributed by atoms with E-state index in [2.05, 4.69) is 180 Å². The summed E-state index contributed by atoms with van der Waals surface area (Å²) in [5, 5.41) is 7.25. The number of hydrogen-bond acceptors (Lipinski definition) is 2. The molecular weight excluding hydrogens is 651 g/mol. The quantitative estimate of drug-likeness (QED) is 0.182. The minimum Gasteiger partial charge on any atom is -0.455 e. The van der Waals surface area contributed by atoms with Crippen LogP contribution in [0.25, 0.3) is 80.7 Å². The highest BCUT2D eigenvalue weighted by atomic mass is 32.1. The highest BCUT2D eigenvalue weighted by Crippen LogP contribution is 2.58.